The molecule has 0 atom stereocenters. The highest BCUT2D eigenvalue weighted by Gasteiger charge is 2.18. The number of nitrogens with two attached hydrogens (primary N) is 1. The number of anilines is 1. The molecule has 0 unspecified atom stereocenters. The number of thioether (sulfide) groups is 1. The number of nitrogen functional groups attached to an aromatic ring is 1. The number of nitrogens with zero attached hydrogens (tertiary/aromatic N) is 1. The third kappa shape index (κ3) is 2.37. The van der Waals surface area contributed by atoms with Gasteiger partial charge in [0.1, 0.15) is 5.82 Å². The Bertz CT molecular complexity index is 304. The summed E-state index contributed by atoms with van der Waals surface area (Å²) in [4.78, 5) is 4.05. The number of ether oxygens (including phenoxy) is 1. The number of nitrogens with one attached hydrogen (secondary N) is 1. The summed E-state index contributed by atoms with van der Waals surface area (Å²) in [5.41, 5.74) is 3.78. The van der Waals surface area contributed by atoms with Gasteiger partial charge in [0.05, 0.1) is 18.5 Å². The summed E-state index contributed by atoms with van der Waals surface area (Å²) in [6, 6.07) is 3.97. The van der Waals surface area contributed by atoms with Gasteiger partial charge >= 0.3 is 0 Å². The van der Waals surface area contributed by atoms with Crippen molar-refractivity contribution in [2.45, 2.75) is 11.0 Å². The Morgan fingerprint density at radius 2 is 2.50 bits per heavy atom. The molecule has 4 nitrogen and oxygen atoms in total. The zero-order valence-corrected chi connectivity index (χ0v) is 8.59. The van der Waals surface area contributed by atoms with Gasteiger partial charge in [-0.15, -0.1) is 11.8 Å². The predicted molar refractivity (Wildman–Crippen MR) is 57.9 cm³/mol. The van der Waals surface area contributed by atoms with Gasteiger partial charge in [-0.05, 0) is 17.7 Å². The summed E-state index contributed by atoms with van der Waals surface area (Å²) in [6.45, 7) is 1.77. The Labute approximate surface area is 87.2 Å². The molecule has 0 aliphatic carbocycles. The summed E-state index contributed by atoms with van der Waals surface area (Å²) >= 11 is 1.91. The fourth-order valence-electron chi connectivity index (χ4n) is 1.17. The molecule has 3 N–H and O–H groups in total. The molecule has 0 saturated carbocycles. The average molecular weight is 211 g/mol. The predicted octanol–water partition coefficient (Wildman–Crippen LogP) is 0.999. The summed E-state index contributed by atoms with van der Waals surface area (Å²) in [5.74, 6) is 6.98. The third-order valence-corrected chi connectivity index (χ3v) is 3.31. The maximum atomic E-state index is 5.27. The smallest absolute Gasteiger partial charge is 0.140 e. The highest BCUT2D eigenvalue weighted by atomic mass is 32.2. The van der Waals surface area contributed by atoms with Crippen molar-refractivity contribution in [1.82, 2.24) is 4.98 Å². The molecule has 76 valence electrons. The van der Waals surface area contributed by atoms with Crippen molar-refractivity contribution in [3.8, 4) is 0 Å². The van der Waals surface area contributed by atoms with E-state index in [-0.39, 0.29) is 0 Å². The minimum absolute atomic E-state index is 0.664. The molecular weight excluding hydrogens is 198 g/mol. The van der Waals surface area contributed by atoms with Crippen molar-refractivity contribution in [2.24, 2.45) is 5.84 Å². The van der Waals surface area contributed by atoms with Crippen LogP contribution in [0.15, 0.2) is 18.3 Å². The van der Waals surface area contributed by atoms with Gasteiger partial charge in [-0.1, -0.05) is 0 Å². The van der Waals surface area contributed by atoms with Crippen LogP contribution < -0.4 is 11.3 Å². The molecule has 0 amide bonds. The lowest BCUT2D eigenvalue weighted by Crippen LogP contribution is -2.30. The topological polar surface area (TPSA) is 60.2 Å². The standard InChI is InChI=1S/C9H13N3OS/c10-12-9-3-7(1-2-11-9)6-14-8-4-13-5-8/h1-3,8H,4-6,10H2,(H,11,12). The quantitative estimate of drug-likeness (QED) is 0.574. The second-order valence-corrected chi connectivity index (χ2v) is 4.45. The van der Waals surface area contributed by atoms with Crippen LogP contribution in [0.25, 0.3) is 0 Å². The van der Waals surface area contributed by atoms with Crippen molar-refractivity contribution in [3.63, 3.8) is 0 Å². The van der Waals surface area contributed by atoms with Gasteiger partial charge in [0.15, 0.2) is 0 Å². The molecule has 1 aromatic heterocycles. The fraction of sp³-hybridized carbons (Fsp3) is 0.444. The monoisotopic (exact) mass is 211 g/mol. The van der Waals surface area contributed by atoms with Crippen molar-refractivity contribution < 1.29 is 4.74 Å². The molecule has 0 bridgehead atoms. The van der Waals surface area contributed by atoms with Gasteiger partial charge in [0, 0.05) is 11.9 Å². The number of aromatic nitrogens is 1. The van der Waals surface area contributed by atoms with E-state index in [1.54, 1.807) is 6.20 Å². The Balaban J connectivity index is 1.87. The second kappa shape index (κ2) is 4.63. The maximum Gasteiger partial charge on any atom is 0.140 e. The lowest BCUT2D eigenvalue weighted by molar-refractivity contribution is 0.0455. The zero-order valence-electron chi connectivity index (χ0n) is 7.77. The molecule has 5 heteroatoms. The lowest BCUT2D eigenvalue weighted by Gasteiger charge is -2.25. The van der Waals surface area contributed by atoms with Gasteiger partial charge in [0.2, 0.25) is 0 Å². The van der Waals surface area contributed by atoms with Crippen LogP contribution in [-0.4, -0.2) is 23.4 Å². The minimum atomic E-state index is 0.664. The van der Waals surface area contributed by atoms with E-state index in [1.807, 2.05) is 23.9 Å². The van der Waals surface area contributed by atoms with E-state index in [9.17, 15) is 0 Å². The van der Waals surface area contributed by atoms with E-state index in [2.05, 4.69) is 10.4 Å². The van der Waals surface area contributed by atoms with Crippen molar-refractivity contribution in [3.05, 3.63) is 23.9 Å². The first-order valence-electron chi connectivity index (χ1n) is 4.49. The van der Waals surface area contributed by atoms with Crippen LogP contribution in [-0.2, 0) is 10.5 Å². The number of hydrogen-bond donors (Lipinski definition) is 2. The first kappa shape index (κ1) is 9.76. The van der Waals surface area contributed by atoms with E-state index in [0.717, 1.165) is 19.0 Å². The average Bonchev–Trinajstić information content (AvgIpc) is 2.16. The Morgan fingerprint density at radius 1 is 1.64 bits per heavy atom. The van der Waals surface area contributed by atoms with Gasteiger partial charge in [-0.3, -0.25) is 0 Å². The molecule has 1 aliphatic rings. The minimum Gasteiger partial charge on any atom is -0.379 e. The third-order valence-electron chi connectivity index (χ3n) is 2.07. The highest BCUT2D eigenvalue weighted by Crippen LogP contribution is 2.23. The molecular formula is C9H13N3OS. The fourth-order valence-corrected chi connectivity index (χ4v) is 2.16. The van der Waals surface area contributed by atoms with E-state index in [1.165, 1.54) is 5.56 Å². The van der Waals surface area contributed by atoms with E-state index < -0.39 is 0 Å². The van der Waals surface area contributed by atoms with Gasteiger partial charge in [0.25, 0.3) is 0 Å². The summed E-state index contributed by atoms with van der Waals surface area (Å²) in [5, 5.41) is 0.664. The van der Waals surface area contributed by atoms with Crippen LogP contribution in [0.5, 0.6) is 0 Å². The summed E-state index contributed by atoms with van der Waals surface area (Å²) in [7, 11) is 0. The van der Waals surface area contributed by atoms with Gasteiger partial charge < -0.3 is 10.2 Å². The Kier molecular flexibility index (Phi) is 3.23. The molecule has 0 spiro atoms. The normalized spacial score (nSPS) is 16.4. The largest absolute Gasteiger partial charge is 0.379 e. The van der Waals surface area contributed by atoms with Crippen molar-refractivity contribution in [2.75, 3.05) is 18.6 Å². The van der Waals surface area contributed by atoms with Crippen molar-refractivity contribution in [1.29, 1.82) is 0 Å². The molecule has 2 heterocycles. The van der Waals surface area contributed by atoms with E-state index in [0.29, 0.717) is 11.1 Å². The van der Waals surface area contributed by atoms with Gasteiger partial charge in [-0.2, -0.15) is 0 Å². The Morgan fingerprint density at radius 3 is 3.14 bits per heavy atom. The SMILES string of the molecule is NNc1cc(CSC2COC2)ccn1. The summed E-state index contributed by atoms with van der Waals surface area (Å²) in [6.07, 6.45) is 1.77. The number of hydrogen-bond acceptors (Lipinski definition) is 5. The summed E-state index contributed by atoms with van der Waals surface area (Å²) < 4.78 is 5.10. The zero-order chi connectivity index (χ0) is 9.80. The second-order valence-electron chi connectivity index (χ2n) is 3.16. The van der Waals surface area contributed by atoms with Crippen LogP contribution >= 0.6 is 11.8 Å². The van der Waals surface area contributed by atoms with Crippen molar-refractivity contribution >= 4 is 17.6 Å². The molecule has 0 radical (unpaired) electrons. The molecule has 14 heavy (non-hydrogen) atoms. The molecule has 1 saturated heterocycles. The van der Waals surface area contributed by atoms with Crippen LogP contribution in [0, 0.1) is 0 Å². The highest BCUT2D eigenvalue weighted by molar-refractivity contribution is 7.99. The lowest BCUT2D eigenvalue weighted by atomic mass is 10.3. The first-order chi connectivity index (χ1) is 6.88. The molecule has 1 aliphatic heterocycles. The van der Waals surface area contributed by atoms with E-state index in [4.69, 9.17) is 10.6 Å². The molecule has 0 aromatic carbocycles. The van der Waals surface area contributed by atoms with Crippen LogP contribution in [0.4, 0.5) is 5.82 Å². The van der Waals surface area contributed by atoms with E-state index >= 15 is 0 Å². The number of rotatable bonds is 4. The van der Waals surface area contributed by atoms with Crippen LogP contribution in [0.3, 0.4) is 0 Å². The van der Waals surface area contributed by atoms with Crippen LogP contribution in [0.1, 0.15) is 5.56 Å². The Hall–Kier alpha value is -0.780. The molecule has 2 rings (SSSR count). The first-order valence-corrected chi connectivity index (χ1v) is 5.54. The van der Waals surface area contributed by atoms with Crippen LogP contribution in [0.2, 0.25) is 0 Å². The molecule has 1 fully saturated rings. The number of pyridine rings is 1. The van der Waals surface area contributed by atoms with Gasteiger partial charge in [-0.25, -0.2) is 10.8 Å². The molecule has 1 aromatic rings. The maximum absolute atomic E-state index is 5.27. The number of hydrazine groups is 1.